The molecule has 10 atom stereocenters. The number of hydrogen-bond donors (Lipinski definition) is 0. The lowest BCUT2D eigenvalue weighted by Crippen LogP contribution is -2.57. The molecule has 0 N–H and O–H groups in total. The van der Waals surface area contributed by atoms with Crippen LogP contribution < -0.4 is 0 Å². The van der Waals surface area contributed by atoms with Crippen molar-refractivity contribution in [3.8, 4) is 0 Å². The van der Waals surface area contributed by atoms with E-state index in [2.05, 4.69) is 48.5 Å². The summed E-state index contributed by atoms with van der Waals surface area (Å²) in [6.45, 7) is 23.5. The summed E-state index contributed by atoms with van der Waals surface area (Å²) in [4.78, 5) is 12.6. The number of carbonyl (C=O) groups is 1. The van der Waals surface area contributed by atoms with Crippen molar-refractivity contribution in [3.63, 3.8) is 0 Å². The fourth-order valence-corrected chi connectivity index (χ4v) is 16.1. The van der Waals surface area contributed by atoms with E-state index in [9.17, 15) is 4.79 Å². The number of hydrogen-bond acceptors (Lipinski definition) is 5. The molecule has 0 aromatic rings. The molecule has 46 heavy (non-hydrogen) atoms. The molecule has 5 aliphatic carbocycles. The molecule has 0 heterocycles. The molecule has 0 unspecified atom stereocenters. The van der Waals surface area contributed by atoms with Crippen LogP contribution in [0, 0.1) is 51.8 Å². The van der Waals surface area contributed by atoms with Gasteiger partial charge < -0.3 is 18.6 Å². The Hall–Kier alpha value is -0.433. The third-order valence-electron chi connectivity index (χ3n) is 15.2. The first-order chi connectivity index (χ1) is 21.5. The average molecular weight is 661 g/mol. The Morgan fingerprint density at radius 3 is 2.24 bits per heavy atom. The second kappa shape index (κ2) is 13.4. The van der Waals surface area contributed by atoms with Crippen molar-refractivity contribution in [3.05, 3.63) is 0 Å². The van der Waals surface area contributed by atoms with Gasteiger partial charge in [0.15, 0.2) is 8.32 Å². The zero-order chi connectivity index (χ0) is 33.8. The molecular formula is C40H72O5Si. The van der Waals surface area contributed by atoms with Crippen molar-refractivity contribution < 1.29 is 23.4 Å². The second-order valence-corrected chi connectivity index (χ2v) is 23.5. The Bertz CT molecular complexity index is 1060. The van der Waals surface area contributed by atoms with E-state index in [1.54, 1.807) is 0 Å². The van der Waals surface area contributed by atoms with Crippen LogP contribution in [0.3, 0.4) is 0 Å². The summed E-state index contributed by atoms with van der Waals surface area (Å²) < 4.78 is 25.3. The maximum Gasteiger partial charge on any atom is 0.332 e. The Morgan fingerprint density at radius 1 is 0.935 bits per heavy atom. The van der Waals surface area contributed by atoms with Crippen molar-refractivity contribution in [1.82, 2.24) is 0 Å². The smallest absolute Gasteiger partial charge is 0.332 e. The Labute approximate surface area is 284 Å². The normalized spacial score (nSPS) is 39.3. The highest BCUT2D eigenvalue weighted by atomic mass is 28.4. The van der Waals surface area contributed by atoms with E-state index < -0.39 is 13.9 Å². The highest BCUT2D eigenvalue weighted by molar-refractivity contribution is 6.73. The predicted octanol–water partition coefficient (Wildman–Crippen LogP) is 10.2. The molecule has 1 spiro atoms. The van der Waals surface area contributed by atoms with Gasteiger partial charge in [-0.1, -0.05) is 41.0 Å². The minimum absolute atomic E-state index is 0.0503. The highest BCUT2D eigenvalue weighted by Crippen LogP contribution is 2.82. The van der Waals surface area contributed by atoms with Crippen molar-refractivity contribution in [1.29, 1.82) is 0 Å². The molecule has 6 heteroatoms. The summed E-state index contributed by atoms with van der Waals surface area (Å²) in [7, 11) is 0.330. The predicted molar refractivity (Wildman–Crippen MR) is 190 cm³/mol. The monoisotopic (exact) mass is 661 g/mol. The lowest BCUT2D eigenvalue weighted by atomic mass is 9.45. The van der Waals surface area contributed by atoms with Gasteiger partial charge in [0.2, 0.25) is 0 Å². The number of carbonyl (C=O) groups excluding carboxylic acids is 1. The summed E-state index contributed by atoms with van der Waals surface area (Å²) in [6.07, 6.45) is 14.8. The first-order valence-corrected chi connectivity index (χ1v) is 22.1. The summed E-state index contributed by atoms with van der Waals surface area (Å²) in [5.41, 5.74) is 0.703. The molecular weight excluding hydrogens is 589 g/mol. The topological polar surface area (TPSA) is 54.0 Å². The van der Waals surface area contributed by atoms with Gasteiger partial charge in [-0.2, -0.15) is 0 Å². The third-order valence-corrected chi connectivity index (χ3v) is 20.1. The Balaban J connectivity index is 1.30. The number of fused-ring (bicyclic) bond motifs is 4. The molecule has 266 valence electrons. The molecule has 5 fully saturated rings. The largest absolute Gasteiger partial charge is 0.458 e. The van der Waals surface area contributed by atoms with Gasteiger partial charge in [-0.3, -0.25) is 0 Å². The maximum absolute atomic E-state index is 12.6. The van der Waals surface area contributed by atoms with Crippen molar-refractivity contribution in [2.24, 2.45) is 51.8 Å². The quantitative estimate of drug-likeness (QED) is 0.129. The first-order valence-electron chi connectivity index (χ1n) is 19.6. The molecule has 5 rings (SSSR count). The van der Waals surface area contributed by atoms with Gasteiger partial charge in [-0.25, -0.2) is 4.79 Å². The molecule has 5 aliphatic rings. The van der Waals surface area contributed by atoms with Crippen LogP contribution >= 0.6 is 0 Å². The van der Waals surface area contributed by atoms with Gasteiger partial charge in [0.25, 0.3) is 0 Å². The van der Waals surface area contributed by atoms with E-state index in [1.165, 1.54) is 69.5 Å². The van der Waals surface area contributed by atoms with Crippen LogP contribution in [0.15, 0.2) is 0 Å². The lowest BCUT2D eigenvalue weighted by molar-refractivity contribution is -0.164. The standard InChI is InChI=1S/C40H72O5Si/c1-12-46(13-2,14-3)45-37(7,8)21-15-16-28(26-43-27-35(41)44-36(4,5)6)31-17-18-32-30-24-34(42-11)40-25-29(40)19-23-39(40,10)33(30)20-22-38(31,32)9/h28-34H,12-27H2,1-11H3/t28-,29+,30-,31+,32-,33-,34+,38+,39+,40-/m0/s1. The van der Waals surface area contributed by atoms with Gasteiger partial charge in [-0.15, -0.1) is 0 Å². The number of rotatable bonds is 15. The molecule has 0 aromatic heterocycles. The molecule has 5 nitrogen and oxygen atoms in total. The number of esters is 1. The van der Waals surface area contributed by atoms with Crippen molar-refractivity contribution >= 4 is 14.3 Å². The second-order valence-electron chi connectivity index (χ2n) is 18.8. The van der Waals surface area contributed by atoms with Gasteiger partial charge in [0, 0.05) is 12.5 Å². The number of methoxy groups -OCH3 is 1. The minimum Gasteiger partial charge on any atom is -0.458 e. The van der Waals surface area contributed by atoms with Crippen LogP contribution in [0.1, 0.15) is 140 Å². The van der Waals surface area contributed by atoms with Crippen LogP contribution in [0.5, 0.6) is 0 Å². The van der Waals surface area contributed by atoms with E-state index in [0.29, 0.717) is 40.8 Å². The first kappa shape index (κ1) is 36.8. The zero-order valence-electron chi connectivity index (χ0n) is 31.9. The van der Waals surface area contributed by atoms with Gasteiger partial charge >= 0.3 is 5.97 Å². The maximum atomic E-state index is 12.6. The lowest BCUT2D eigenvalue weighted by Gasteiger charge is -2.61. The third kappa shape index (κ3) is 6.58. The Morgan fingerprint density at radius 2 is 1.63 bits per heavy atom. The SMILES string of the molecule is CC[Si](CC)(CC)OC(C)(C)CCC[C@@H](COCC(=O)OC(C)(C)C)[C@H]1CC[C@H]2[C@@H]3C[C@@H](OC)[C@]45C[C@H]4CC[C@]5(C)[C@H]3CC[C@]12C. The van der Waals surface area contributed by atoms with Gasteiger partial charge in [0.1, 0.15) is 12.2 Å². The van der Waals surface area contributed by atoms with E-state index in [1.807, 2.05) is 27.9 Å². The Kier molecular flexibility index (Phi) is 10.7. The summed E-state index contributed by atoms with van der Waals surface area (Å²) in [5, 5.41) is 0. The molecule has 0 saturated heterocycles. The molecule has 0 aliphatic heterocycles. The molecule has 0 bridgehead atoms. The zero-order valence-corrected chi connectivity index (χ0v) is 32.9. The van der Waals surface area contributed by atoms with Crippen molar-refractivity contribution in [2.75, 3.05) is 20.3 Å². The van der Waals surface area contributed by atoms with E-state index in [0.717, 1.165) is 42.9 Å². The van der Waals surface area contributed by atoms with Gasteiger partial charge in [0.05, 0.1) is 18.3 Å². The van der Waals surface area contributed by atoms with Gasteiger partial charge in [-0.05, 0) is 163 Å². The van der Waals surface area contributed by atoms with Crippen LogP contribution in [0.4, 0.5) is 0 Å². The van der Waals surface area contributed by atoms with Crippen LogP contribution in [0.2, 0.25) is 18.1 Å². The van der Waals surface area contributed by atoms with E-state index >= 15 is 0 Å². The molecule has 0 radical (unpaired) electrons. The number of ether oxygens (including phenoxy) is 3. The van der Waals surface area contributed by atoms with Crippen LogP contribution in [-0.2, 0) is 23.4 Å². The summed E-state index contributed by atoms with van der Waals surface area (Å²) >= 11 is 0. The molecule has 5 saturated carbocycles. The summed E-state index contributed by atoms with van der Waals surface area (Å²) in [5.74, 6) is 4.20. The minimum atomic E-state index is -1.67. The fourth-order valence-electron chi connectivity index (χ4n) is 12.9. The summed E-state index contributed by atoms with van der Waals surface area (Å²) in [6, 6.07) is 3.58. The molecule has 0 aromatic carbocycles. The average Bonchev–Trinajstić information content (AvgIpc) is 3.50. The van der Waals surface area contributed by atoms with E-state index in [4.69, 9.17) is 18.6 Å². The molecule has 0 amide bonds. The van der Waals surface area contributed by atoms with Crippen LogP contribution in [-0.4, -0.2) is 51.9 Å². The van der Waals surface area contributed by atoms with Crippen LogP contribution in [0.25, 0.3) is 0 Å². The highest BCUT2D eigenvalue weighted by Gasteiger charge is 2.77. The van der Waals surface area contributed by atoms with Crippen molar-refractivity contribution in [2.45, 2.75) is 175 Å². The fraction of sp³-hybridized carbons (Fsp3) is 0.975. The van der Waals surface area contributed by atoms with E-state index in [-0.39, 0.29) is 18.2 Å².